The van der Waals surface area contributed by atoms with E-state index < -0.39 is 0 Å². The van der Waals surface area contributed by atoms with Gasteiger partial charge in [0.15, 0.2) is 0 Å². The molecule has 1 saturated heterocycles. The van der Waals surface area contributed by atoms with Crippen molar-refractivity contribution in [2.24, 2.45) is 0 Å². The first-order chi connectivity index (χ1) is 11.8. The zero-order valence-corrected chi connectivity index (χ0v) is 13.6. The highest BCUT2D eigenvalue weighted by atomic mass is 16.5. The molecule has 122 valence electrons. The molecule has 3 rings (SSSR count). The molecule has 0 bridgehead atoms. The summed E-state index contributed by atoms with van der Waals surface area (Å²) in [6.45, 7) is 2.02. The van der Waals surface area contributed by atoms with Crippen molar-refractivity contribution in [1.29, 1.82) is 5.26 Å². The van der Waals surface area contributed by atoms with Crippen LogP contribution in [-0.2, 0) is 6.61 Å². The molecule has 0 spiro atoms. The van der Waals surface area contributed by atoms with Gasteiger partial charge in [-0.1, -0.05) is 24.3 Å². The van der Waals surface area contributed by atoms with Crippen molar-refractivity contribution in [2.75, 3.05) is 13.1 Å². The summed E-state index contributed by atoms with van der Waals surface area (Å²) in [5.74, 6) is 0.654. The van der Waals surface area contributed by atoms with E-state index in [9.17, 15) is 4.79 Å². The van der Waals surface area contributed by atoms with Crippen LogP contribution < -0.4 is 4.74 Å². The molecule has 0 atom stereocenters. The minimum atomic E-state index is 0.0916. The van der Waals surface area contributed by atoms with Crippen molar-refractivity contribution >= 4 is 5.91 Å². The molecular weight excluding hydrogens is 300 g/mol. The van der Waals surface area contributed by atoms with Gasteiger partial charge in [0.05, 0.1) is 5.56 Å². The molecule has 24 heavy (non-hydrogen) atoms. The summed E-state index contributed by atoms with van der Waals surface area (Å²) >= 11 is 0. The maximum Gasteiger partial charge on any atom is 0.253 e. The fourth-order valence-electron chi connectivity index (χ4n) is 2.92. The van der Waals surface area contributed by atoms with Gasteiger partial charge in [0.1, 0.15) is 18.4 Å². The van der Waals surface area contributed by atoms with E-state index in [-0.39, 0.29) is 5.91 Å². The molecule has 0 unspecified atom stereocenters. The first kappa shape index (κ1) is 16.1. The third kappa shape index (κ3) is 3.75. The summed E-state index contributed by atoms with van der Waals surface area (Å²) in [5.41, 5.74) is 2.13. The Hall–Kier alpha value is -2.80. The summed E-state index contributed by atoms with van der Waals surface area (Å²) in [5, 5.41) is 9.10. The van der Waals surface area contributed by atoms with Gasteiger partial charge in [-0.15, -0.1) is 0 Å². The average Bonchev–Trinajstić information content (AvgIpc) is 2.67. The molecule has 4 heteroatoms. The molecule has 2 aromatic rings. The predicted octanol–water partition coefficient (Wildman–Crippen LogP) is 3.76. The predicted molar refractivity (Wildman–Crippen MR) is 91.7 cm³/mol. The third-order valence-corrected chi connectivity index (χ3v) is 4.22. The first-order valence-corrected chi connectivity index (χ1v) is 8.28. The van der Waals surface area contributed by atoms with Crippen LogP contribution in [0.1, 0.15) is 40.7 Å². The number of hydrogen-bond donors (Lipinski definition) is 0. The summed E-state index contributed by atoms with van der Waals surface area (Å²) in [7, 11) is 0. The number of carbonyl (C=O) groups is 1. The van der Waals surface area contributed by atoms with Gasteiger partial charge in [-0.2, -0.15) is 5.26 Å². The smallest absolute Gasteiger partial charge is 0.253 e. The number of likely N-dealkylation sites (tertiary alicyclic amines) is 1. The highest BCUT2D eigenvalue weighted by Gasteiger charge is 2.18. The normalized spacial score (nSPS) is 14.0. The van der Waals surface area contributed by atoms with E-state index in [0.29, 0.717) is 23.5 Å². The summed E-state index contributed by atoms with van der Waals surface area (Å²) < 4.78 is 5.75. The van der Waals surface area contributed by atoms with Crippen LogP contribution in [0.5, 0.6) is 5.75 Å². The van der Waals surface area contributed by atoms with E-state index >= 15 is 0 Å². The molecule has 1 fully saturated rings. The monoisotopic (exact) mass is 320 g/mol. The summed E-state index contributed by atoms with van der Waals surface area (Å²) in [6.07, 6.45) is 3.37. The van der Waals surface area contributed by atoms with Crippen molar-refractivity contribution in [3.05, 3.63) is 65.2 Å². The number of carbonyl (C=O) groups excluding carboxylic acids is 1. The number of nitrogens with zero attached hydrogens (tertiary/aromatic N) is 2. The van der Waals surface area contributed by atoms with Crippen LogP contribution in [0.4, 0.5) is 0 Å². The number of amides is 1. The lowest BCUT2D eigenvalue weighted by Gasteiger charge is -2.26. The molecule has 0 aliphatic carbocycles. The van der Waals surface area contributed by atoms with Gasteiger partial charge in [-0.05, 0) is 49.1 Å². The number of para-hydroxylation sites is 1. The second-order valence-electron chi connectivity index (χ2n) is 5.95. The quantitative estimate of drug-likeness (QED) is 0.862. The fraction of sp³-hybridized carbons (Fsp3) is 0.300. The van der Waals surface area contributed by atoms with E-state index in [1.54, 1.807) is 12.1 Å². The van der Waals surface area contributed by atoms with Crippen LogP contribution in [-0.4, -0.2) is 23.9 Å². The van der Waals surface area contributed by atoms with Crippen LogP contribution in [0, 0.1) is 11.3 Å². The molecule has 1 aliphatic rings. The number of hydrogen-bond acceptors (Lipinski definition) is 3. The highest BCUT2D eigenvalue weighted by molar-refractivity contribution is 5.94. The van der Waals surface area contributed by atoms with Crippen LogP contribution in [0.15, 0.2) is 48.5 Å². The second kappa shape index (κ2) is 7.65. The molecule has 1 aliphatic heterocycles. The molecule has 0 saturated carbocycles. The van der Waals surface area contributed by atoms with E-state index in [2.05, 4.69) is 6.07 Å². The van der Waals surface area contributed by atoms with E-state index in [1.165, 1.54) is 6.42 Å². The zero-order chi connectivity index (χ0) is 16.8. The number of ether oxygens (including phenoxy) is 1. The Bertz CT molecular complexity index is 758. The molecule has 1 amide bonds. The Morgan fingerprint density at radius 1 is 1.08 bits per heavy atom. The van der Waals surface area contributed by atoms with Gasteiger partial charge in [0.25, 0.3) is 5.91 Å². The van der Waals surface area contributed by atoms with E-state index in [1.807, 2.05) is 41.3 Å². The van der Waals surface area contributed by atoms with Crippen LogP contribution in [0.2, 0.25) is 0 Å². The third-order valence-electron chi connectivity index (χ3n) is 4.22. The molecule has 0 aromatic heterocycles. The number of rotatable bonds is 4. The Labute approximate surface area is 142 Å². The Balaban J connectivity index is 1.69. The van der Waals surface area contributed by atoms with Crippen LogP contribution in [0.25, 0.3) is 0 Å². The fourth-order valence-corrected chi connectivity index (χ4v) is 2.92. The number of nitriles is 1. The van der Waals surface area contributed by atoms with Gasteiger partial charge in [0, 0.05) is 18.7 Å². The van der Waals surface area contributed by atoms with Gasteiger partial charge in [-0.25, -0.2) is 0 Å². The Morgan fingerprint density at radius 3 is 2.67 bits per heavy atom. The molecule has 0 N–H and O–H groups in total. The summed E-state index contributed by atoms with van der Waals surface area (Å²) in [4.78, 5) is 14.5. The second-order valence-corrected chi connectivity index (χ2v) is 5.95. The van der Waals surface area contributed by atoms with Crippen molar-refractivity contribution in [1.82, 2.24) is 4.90 Å². The maximum absolute atomic E-state index is 12.6. The largest absolute Gasteiger partial charge is 0.488 e. The van der Waals surface area contributed by atoms with Crippen molar-refractivity contribution in [3.8, 4) is 11.8 Å². The molecule has 0 radical (unpaired) electrons. The lowest BCUT2D eigenvalue weighted by molar-refractivity contribution is 0.0724. The van der Waals surface area contributed by atoms with Gasteiger partial charge < -0.3 is 9.64 Å². The standard InChI is InChI=1S/C20H20N2O2/c21-14-18-8-2-3-10-19(18)24-15-16-7-6-9-17(13-16)20(23)22-11-4-1-5-12-22/h2-3,6-10,13H,1,4-5,11-12,15H2. The lowest BCUT2D eigenvalue weighted by Crippen LogP contribution is -2.35. The Kier molecular flexibility index (Phi) is 5.12. The number of piperidine rings is 1. The molecule has 4 nitrogen and oxygen atoms in total. The summed E-state index contributed by atoms with van der Waals surface area (Å²) in [6, 6.07) is 16.8. The van der Waals surface area contributed by atoms with Gasteiger partial charge in [0.2, 0.25) is 0 Å². The van der Waals surface area contributed by atoms with Gasteiger partial charge >= 0.3 is 0 Å². The highest BCUT2D eigenvalue weighted by Crippen LogP contribution is 2.19. The van der Waals surface area contributed by atoms with E-state index in [0.717, 1.165) is 31.5 Å². The average molecular weight is 320 g/mol. The molecule has 1 heterocycles. The lowest BCUT2D eigenvalue weighted by atomic mass is 10.1. The SMILES string of the molecule is N#Cc1ccccc1OCc1cccc(C(=O)N2CCCCC2)c1. The minimum Gasteiger partial charge on any atom is -0.488 e. The number of benzene rings is 2. The van der Waals surface area contributed by atoms with Crippen molar-refractivity contribution < 1.29 is 9.53 Å². The minimum absolute atomic E-state index is 0.0916. The van der Waals surface area contributed by atoms with Gasteiger partial charge in [-0.3, -0.25) is 4.79 Å². The Morgan fingerprint density at radius 2 is 1.88 bits per heavy atom. The van der Waals surface area contributed by atoms with Crippen molar-refractivity contribution in [2.45, 2.75) is 25.9 Å². The topological polar surface area (TPSA) is 53.3 Å². The van der Waals surface area contributed by atoms with E-state index in [4.69, 9.17) is 10.00 Å². The van der Waals surface area contributed by atoms with Crippen molar-refractivity contribution in [3.63, 3.8) is 0 Å². The zero-order valence-electron chi connectivity index (χ0n) is 13.6. The van der Waals surface area contributed by atoms with Crippen LogP contribution in [0.3, 0.4) is 0 Å². The van der Waals surface area contributed by atoms with Crippen LogP contribution >= 0.6 is 0 Å². The molecule has 2 aromatic carbocycles. The maximum atomic E-state index is 12.6. The molecular formula is C20H20N2O2. The first-order valence-electron chi connectivity index (χ1n) is 8.28.